The minimum Gasteiger partial charge on any atom is -0.325 e. The van der Waals surface area contributed by atoms with Gasteiger partial charge in [0.25, 0.3) is 5.56 Å². The Balaban J connectivity index is 2.25. The van der Waals surface area contributed by atoms with Crippen LogP contribution in [0, 0.1) is 18.3 Å². The second-order valence-electron chi connectivity index (χ2n) is 4.28. The minimum atomic E-state index is -0.291. The number of aromatic amines is 1. The molecule has 0 spiro atoms. The van der Waals surface area contributed by atoms with Gasteiger partial charge in [0.05, 0.1) is 0 Å². The number of pyridine rings is 1. The highest BCUT2D eigenvalue weighted by atomic mass is 16.1. The summed E-state index contributed by atoms with van der Waals surface area (Å²) in [5, 5.41) is 9.02. The van der Waals surface area contributed by atoms with Crippen molar-refractivity contribution in [2.45, 2.75) is 19.8 Å². The Bertz CT molecular complexity index is 636. The van der Waals surface area contributed by atoms with Gasteiger partial charge in [-0.3, -0.25) is 4.79 Å². The second kappa shape index (κ2) is 5.33. The zero-order valence-electron chi connectivity index (χ0n) is 10.2. The van der Waals surface area contributed by atoms with Crippen LogP contribution in [0.3, 0.4) is 0 Å². The highest BCUT2D eigenvalue weighted by molar-refractivity contribution is 5.37. The number of nitriles is 1. The van der Waals surface area contributed by atoms with Gasteiger partial charge < -0.3 is 4.98 Å². The van der Waals surface area contributed by atoms with E-state index >= 15 is 0 Å². The highest BCUT2D eigenvalue weighted by Gasteiger charge is 2.07. The molecule has 1 aromatic carbocycles. The van der Waals surface area contributed by atoms with Crippen molar-refractivity contribution >= 4 is 0 Å². The van der Waals surface area contributed by atoms with Gasteiger partial charge in [-0.1, -0.05) is 30.3 Å². The molecule has 2 aromatic rings. The first-order chi connectivity index (χ1) is 8.70. The van der Waals surface area contributed by atoms with Crippen LogP contribution < -0.4 is 5.56 Å². The molecule has 0 aliphatic heterocycles. The van der Waals surface area contributed by atoms with Crippen molar-refractivity contribution in [1.29, 1.82) is 5.26 Å². The van der Waals surface area contributed by atoms with Crippen LogP contribution in [0.1, 0.15) is 22.4 Å². The Morgan fingerprint density at radius 1 is 1.22 bits per heavy atom. The molecule has 1 aromatic heterocycles. The highest BCUT2D eigenvalue weighted by Crippen LogP contribution is 2.10. The smallest absolute Gasteiger partial charge is 0.266 e. The normalized spacial score (nSPS) is 10.0. The molecule has 0 bridgehead atoms. The van der Waals surface area contributed by atoms with Gasteiger partial charge in [-0.2, -0.15) is 5.26 Å². The van der Waals surface area contributed by atoms with E-state index in [1.807, 2.05) is 49.4 Å². The monoisotopic (exact) mass is 238 g/mol. The number of H-pyrrole nitrogens is 1. The van der Waals surface area contributed by atoms with Gasteiger partial charge in [0.1, 0.15) is 11.6 Å². The fraction of sp³-hybridized carbons (Fsp3) is 0.200. The lowest BCUT2D eigenvalue weighted by Crippen LogP contribution is -2.14. The Morgan fingerprint density at radius 3 is 2.61 bits per heavy atom. The Morgan fingerprint density at radius 2 is 1.94 bits per heavy atom. The first kappa shape index (κ1) is 12.1. The van der Waals surface area contributed by atoms with Crippen molar-refractivity contribution in [3.63, 3.8) is 0 Å². The van der Waals surface area contributed by atoms with Gasteiger partial charge in [0.2, 0.25) is 0 Å². The molecule has 0 saturated heterocycles. The summed E-state index contributed by atoms with van der Waals surface area (Å²) in [5.74, 6) is 0. The predicted octanol–water partition coefficient (Wildman–Crippen LogP) is 2.34. The lowest BCUT2D eigenvalue weighted by atomic mass is 10.0. The Kier molecular flexibility index (Phi) is 3.59. The second-order valence-corrected chi connectivity index (χ2v) is 4.28. The number of rotatable bonds is 3. The van der Waals surface area contributed by atoms with Gasteiger partial charge in [-0.15, -0.1) is 0 Å². The largest absolute Gasteiger partial charge is 0.325 e. The van der Waals surface area contributed by atoms with E-state index in [4.69, 9.17) is 5.26 Å². The standard InChI is InChI=1S/C15H14N2O/c1-11-9-13(14(10-16)15(18)17-11)8-7-12-5-3-2-4-6-12/h2-6,9H,7-8H2,1H3,(H,17,18). The third-order valence-corrected chi connectivity index (χ3v) is 2.89. The fourth-order valence-corrected chi connectivity index (χ4v) is 2.00. The molecule has 2 rings (SSSR count). The first-order valence-corrected chi connectivity index (χ1v) is 5.87. The molecule has 0 saturated carbocycles. The number of aryl methyl sites for hydroxylation is 3. The van der Waals surface area contributed by atoms with Gasteiger partial charge in [0, 0.05) is 5.69 Å². The summed E-state index contributed by atoms with van der Waals surface area (Å²) in [6.07, 6.45) is 1.54. The van der Waals surface area contributed by atoms with Gasteiger partial charge in [-0.25, -0.2) is 0 Å². The molecule has 90 valence electrons. The molecule has 3 heteroatoms. The van der Waals surface area contributed by atoms with Crippen molar-refractivity contribution < 1.29 is 0 Å². The van der Waals surface area contributed by atoms with E-state index < -0.39 is 0 Å². The molecule has 1 N–H and O–H groups in total. The number of hydrogen-bond acceptors (Lipinski definition) is 2. The molecule has 3 nitrogen and oxygen atoms in total. The zero-order chi connectivity index (χ0) is 13.0. The average Bonchev–Trinajstić information content (AvgIpc) is 2.37. The van der Waals surface area contributed by atoms with E-state index in [0.29, 0.717) is 6.42 Å². The van der Waals surface area contributed by atoms with Gasteiger partial charge in [0.15, 0.2) is 0 Å². The number of nitrogens with one attached hydrogen (secondary N) is 1. The van der Waals surface area contributed by atoms with E-state index in [2.05, 4.69) is 4.98 Å². The molecule has 1 heterocycles. The molecule has 0 amide bonds. The van der Waals surface area contributed by atoms with Crippen molar-refractivity contribution in [2.75, 3.05) is 0 Å². The quantitative estimate of drug-likeness (QED) is 0.892. The molecule has 0 unspecified atom stereocenters. The van der Waals surface area contributed by atoms with E-state index in [1.165, 1.54) is 5.56 Å². The van der Waals surface area contributed by atoms with Gasteiger partial charge in [-0.05, 0) is 37.0 Å². The van der Waals surface area contributed by atoms with Crippen LogP contribution in [0.15, 0.2) is 41.2 Å². The van der Waals surface area contributed by atoms with Crippen LogP contribution in [0.25, 0.3) is 0 Å². The first-order valence-electron chi connectivity index (χ1n) is 5.87. The number of benzene rings is 1. The molecular formula is C15H14N2O. The molecule has 0 aliphatic rings. The summed E-state index contributed by atoms with van der Waals surface area (Å²) in [6.45, 7) is 1.83. The summed E-state index contributed by atoms with van der Waals surface area (Å²) in [7, 11) is 0. The third-order valence-electron chi connectivity index (χ3n) is 2.89. The molecular weight excluding hydrogens is 224 g/mol. The van der Waals surface area contributed by atoms with E-state index in [-0.39, 0.29) is 11.1 Å². The third kappa shape index (κ3) is 2.67. The van der Waals surface area contributed by atoms with Crippen LogP contribution in [0.5, 0.6) is 0 Å². The van der Waals surface area contributed by atoms with Crippen LogP contribution >= 0.6 is 0 Å². The van der Waals surface area contributed by atoms with Crippen molar-refractivity contribution in [3.8, 4) is 6.07 Å². The number of hydrogen-bond donors (Lipinski definition) is 1. The molecule has 0 atom stereocenters. The van der Waals surface area contributed by atoms with E-state index in [0.717, 1.165) is 17.7 Å². The minimum absolute atomic E-state index is 0.233. The van der Waals surface area contributed by atoms with Crippen LogP contribution in [-0.2, 0) is 12.8 Å². The maximum atomic E-state index is 11.6. The lowest BCUT2D eigenvalue weighted by Gasteiger charge is -2.05. The summed E-state index contributed by atoms with van der Waals surface area (Å²) in [6, 6.07) is 13.9. The maximum Gasteiger partial charge on any atom is 0.266 e. The fourth-order valence-electron chi connectivity index (χ4n) is 2.00. The Labute approximate surface area is 106 Å². The van der Waals surface area contributed by atoms with E-state index in [1.54, 1.807) is 0 Å². The molecule has 0 fully saturated rings. The summed E-state index contributed by atoms with van der Waals surface area (Å²) >= 11 is 0. The zero-order valence-corrected chi connectivity index (χ0v) is 10.2. The summed E-state index contributed by atoms with van der Waals surface area (Å²) < 4.78 is 0. The van der Waals surface area contributed by atoms with Crippen LogP contribution in [0.4, 0.5) is 0 Å². The van der Waals surface area contributed by atoms with Crippen LogP contribution in [0.2, 0.25) is 0 Å². The maximum absolute atomic E-state index is 11.6. The molecule has 0 aliphatic carbocycles. The molecule has 0 radical (unpaired) electrons. The topological polar surface area (TPSA) is 56.6 Å². The summed E-state index contributed by atoms with van der Waals surface area (Å²) in [4.78, 5) is 14.3. The van der Waals surface area contributed by atoms with Crippen LogP contribution in [-0.4, -0.2) is 4.98 Å². The average molecular weight is 238 g/mol. The molecule has 18 heavy (non-hydrogen) atoms. The lowest BCUT2D eigenvalue weighted by molar-refractivity contribution is 0.936. The number of aromatic nitrogens is 1. The predicted molar refractivity (Wildman–Crippen MR) is 70.4 cm³/mol. The van der Waals surface area contributed by atoms with Gasteiger partial charge >= 0.3 is 0 Å². The van der Waals surface area contributed by atoms with Crippen molar-refractivity contribution in [3.05, 3.63) is 69.1 Å². The summed E-state index contributed by atoms with van der Waals surface area (Å²) in [5.41, 5.74) is 2.76. The van der Waals surface area contributed by atoms with E-state index in [9.17, 15) is 4.79 Å². The van der Waals surface area contributed by atoms with Crippen molar-refractivity contribution in [2.24, 2.45) is 0 Å². The SMILES string of the molecule is Cc1cc(CCc2ccccc2)c(C#N)c(=O)[nH]1. The Hall–Kier alpha value is -2.34. The van der Waals surface area contributed by atoms with Crippen molar-refractivity contribution in [1.82, 2.24) is 4.98 Å². The number of nitrogens with zero attached hydrogens (tertiary/aromatic N) is 1.